The van der Waals surface area contributed by atoms with Gasteiger partial charge in [0.2, 0.25) is 0 Å². The van der Waals surface area contributed by atoms with Crippen LogP contribution in [0, 0.1) is 13.8 Å². The van der Waals surface area contributed by atoms with E-state index >= 15 is 0 Å². The molecular formula is C19H16ClN3O2. The Kier molecular flexibility index (Phi) is 4.67. The Bertz CT molecular complexity index is 943. The van der Waals surface area contributed by atoms with Gasteiger partial charge in [-0.1, -0.05) is 17.7 Å². The first-order chi connectivity index (χ1) is 12.0. The Morgan fingerprint density at radius 3 is 2.52 bits per heavy atom. The van der Waals surface area contributed by atoms with Crippen LogP contribution in [0.15, 0.2) is 48.9 Å². The maximum absolute atomic E-state index is 12.8. The van der Waals surface area contributed by atoms with Crippen LogP contribution in [0.1, 0.15) is 21.5 Å². The maximum atomic E-state index is 12.8. The molecule has 0 unspecified atom stereocenters. The van der Waals surface area contributed by atoms with E-state index < -0.39 is 5.91 Å². The zero-order valence-electron chi connectivity index (χ0n) is 13.7. The molecule has 0 saturated carbocycles. The van der Waals surface area contributed by atoms with Crippen molar-refractivity contribution >= 4 is 23.3 Å². The first kappa shape index (κ1) is 16.9. The summed E-state index contributed by atoms with van der Waals surface area (Å²) in [6.07, 6.45) is 4.77. The number of hydrogen-bond acceptors (Lipinski definition) is 4. The lowest BCUT2D eigenvalue weighted by Crippen LogP contribution is -2.15. The summed E-state index contributed by atoms with van der Waals surface area (Å²) in [5.74, 6) is -0.170. The summed E-state index contributed by atoms with van der Waals surface area (Å²) in [5, 5.41) is 13.5. The highest BCUT2D eigenvalue weighted by atomic mass is 35.5. The first-order valence-electron chi connectivity index (χ1n) is 7.64. The Labute approximate surface area is 150 Å². The molecule has 6 heteroatoms. The molecule has 2 heterocycles. The number of phenolic OH excluding ortho intramolecular Hbond substituents is 1. The number of halogens is 1. The quantitative estimate of drug-likeness (QED) is 0.733. The van der Waals surface area contributed by atoms with Crippen LogP contribution < -0.4 is 5.32 Å². The summed E-state index contributed by atoms with van der Waals surface area (Å²) < 4.78 is 0. The molecule has 2 N–H and O–H groups in total. The lowest BCUT2D eigenvalue weighted by atomic mass is 9.94. The number of pyridine rings is 2. The fraction of sp³-hybridized carbons (Fsp3) is 0.105. The Balaban J connectivity index is 2.05. The molecule has 0 fully saturated rings. The van der Waals surface area contributed by atoms with E-state index in [0.29, 0.717) is 16.4 Å². The third kappa shape index (κ3) is 3.46. The second-order valence-corrected chi connectivity index (χ2v) is 6.07. The SMILES string of the molecule is Cc1cc(NC(=O)c2c(O)ccc(C)c2-c2ccncc2)ncc1Cl. The van der Waals surface area contributed by atoms with Gasteiger partial charge in [0.15, 0.2) is 0 Å². The molecule has 1 amide bonds. The number of aromatic nitrogens is 2. The fourth-order valence-electron chi connectivity index (χ4n) is 2.60. The summed E-state index contributed by atoms with van der Waals surface area (Å²) in [4.78, 5) is 20.9. The van der Waals surface area contributed by atoms with Crippen molar-refractivity contribution in [3.05, 3.63) is 70.6 Å². The predicted octanol–water partition coefficient (Wildman–Crippen LogP) is 4.37. The molecule has 0 saturated heterocycles. The Morgan fingerprint density at radius 1 is 1.12 bits per heavy atom. The van der Waals surface area contributed by atoms with Crippen LogP contribution in [0.5, 0.6) is 5.75 Å². The van der Waals surface area contributed by atoms with Crippen molar-refractivity contribution in [2.24, 2.45) is 0 Å². The van der Waals surface area contributed by atoms with Crippen molar-refractivity contribution in [2.75, 3.05) is 5.32 Å². The van der Waals surface area contributed by atoms with Crippen LogP contribution in [0.2, 0.25) is 5.02 Å². The number of amides is 1. The lowest BCUT2D eigenvalue weighted by Gasteiger charge is -2.14. The zero-order valence-corrected chi connectivity index (χ0v) is 14.5. The van der Waals surface area contributed by atoms with Crippen LogP contribution >= 0.6 is 11.6 Å². The number of hydrogen-bond donors (Lipinski definition) is 2. The highest BCUT2D eigenvalue weighted by Gasteiger charge is 2.20. The molecule has 25 heavy (non-hydrogen) atoms. The van der Waals surface area contributed by atoms with Gasteiger partial charge < -0.3 is 10.4 Å². The van der Waals surface area contributed by atoms with Crippen molar-refractivity contribution < 1.29 is 9.90 Å². The molecule has 126 valence electrons. The van der Waals surface area contributed by atoms with Gasteiger partial charge in [0.05, 0.1) is 10.6 Å². The number of nitrogens with zero attached hydrogens (tertiary/aromatic N) is 2. The van der Waals surface area contributed by atoms with Crippen molar-refractivity contribution in [1.29, 1.82) is 0 Å². The van der Waals surface area contributed by atoms with Crippen molar-refractivity contribution in [3.63, 3.8) is 0 Å². The highest BCUT2D eigenvalue weighted by Crippen LogP contribution is 2.33. The van der Waals surface area contributed by atoms with Crippen molar-refractivity contribution in [1.82, 2.24) is 9.97 Å². The molecule has 0 bridgehead atoms. The van der Waals surface area contributed by atoms with Gasteiger partial charge in [-0.2, -0.15) is 0 Å². The van der Waals surface area contributed by atoms with Gasteiger partial charge in [-0.3, -0.25) is 9.78 Å². The molecule has 0 atom stereocenters. The van der Waals surface area contributed by atoms with E-state index in [2.05, 4.69) is 15.3 Å². The first-order valence-corrected chi connectivity index (χ1v) is 8.01. The van der Waals surface area contributed by atoms with E-state index in [1.165, 1.54) is 12.3 Å². The molecule has 0 aliphatic rings. The van der Waals surface area contributed by atoms with Gasteiger partial charge >= 0.3 is 0 Å². The number of carbonyl (C=O) groups excluding carboxylic acids is 1. The molecule has 1 aromatic carbocycles. The molecule has 0 aliphatic carbocycles. The fourth-order valence-corrected chi connectivity index (χ4v) is 2.71. The molecule has 0 spiro atoms. The standard InChI is InChI=1S/C19H16ClN3O2/c1-11-3-4-15(24)18(17(11)13-5-7-21-8-6-13)19(25)23-16-9-12(2)14(20)10-22-16/h3-10,24H,1-2H3,(H,22,23,25). The number of phenols is 1. The van der Waals surface area contributed by atoms with Gasteiger partial charge in [0, 0.05) is 24.2 Å². The number of nitrogens with one attached hydrogen (secondary N) is 1. The maximum Gasteiger partial charge on any atom is 0.261 e. The average Bonchev–Trinajstić information content (AvgIpc) is 2.60. The van der Waals surface area contributed by atoms with Crippen LogP contribution in [0.4, 0.5) is 5.82 Å². The van der Waals surface area contributed by atoms with Crippen LogP contribution in [-0.2, 0) is 0 Å². The summed E-state index contributed by atoms with van der Waals surface area (Å²) in [6.45, 7) is 3.71. The van der Waals surface area contributed by atoms with E-state index in [1.807, 2.05) is 13.8 Å². The Morgan fingerprint density at radius 2 is 1.84 bits per heavy atom. The number of carbonyl (C=O) groups is 1. The molecule has 5 nitrogen and oxygen atoms in total. The highest BCUT2D eigenvalue weighted by molar-refractivity contribution is 6.31. The minimum Gasteiger partial charge on any atom is -0.507 e. The topological polar surface area (TPSA) is 75.1 Å². The van der Waals surface area contributed by atoms with Crippen molar-refractivity contribution in [2.45, 2.75) is 13.8 Å². The van der Waals surface area contributed by atoms with Gasteiger partial charge in [0.1, 0.15) is 11.6 Å². The summed E-state index contributed by atoms with van der Waals surface area (Å²) >= 11 is 5.96. The third-order valence-electron chi connectivity index (χ3n) is 3.88. The number of aryl methyl sites for hydroxylation is 2. The van der Waals surface area contributed by atoms with E-state index in [4.69, 9.17) is 11.6 Å². The summed E-state index contributed by atoms with van der Waals surface area (Å²) in [7, 11) is 0. The smallest absolute Gasteiger partial charge is 0.261 e. The largest absolute Gasteiger partial charge is 0.507 e. The lowest BCUT2D eigenvalue weighted by molar-refractivity contribution is 0.102. The molecule has 3 rings (SSSR count). The summed E-state index contributed by atoms with van der Waals surface area (Å²) in [5.41, 5.74) is 3.32. The van der Waals surface area contributed by atoms with Gasteiger partial charge in [0.25, 0.3) is 5.91 Å². The normalized spacial score (nSPS) is 10.5. The van der Waals surface area contributed by atoms with Crippen molar-refractivity contribution in [3.8, 4) is 16.9 Å². The molecule has 2 aromatic heterocycles. The van der Waals surface area contributed by atoms with Gasteiger partial charge in [-0.05, 0) is 54.8 Å². The van der Waals surface area contributed by atoms with Gasteiger partial charge in [-0.15, -0.1) is 0 Å². The molecular weight excluding hydrogens is 338 g/mol. The van der Waals surface area contributed by atoms with E-state index in [0.717, 1.165) is 16.7 Å². The predicted molar refractivity (Wildman–Crippen MR) is 98.0 cm³/mol. The molecule has 0 aliphatic heterocycles. The monoisotopic (exact) mass is 353 g/mol. The molecule has 0 radical (unpaired) electrons. The van der Waals surface area contributed by atoms with E-state index in [1.54, 1.807) is 36.7 Å². The average molecular weight is 354 g/mol. The zero-order chi connectivity index (χ0) is 18.0. The number of rotatable bonds is 3. The number of anilines is 1. The minimum absolute atomic E-state index is 0.0967. The third-order valence-corrected chi connectivity index (χ3v) is 4.27. The Hall–Kier alpha value is -2.92. The second kappa shape index (κ2) is 6.91. The second-order valence-electron chi connectivity index (χ2n) is 5.66. The van der Waals surface area contributed by atoms with E-state index in [-0.39, 0.29) is 11.3 Å². The number of benzene rings is 1. The minimum atomic E-state index is -0.442. The van der Waals surface area contributed by atoms with Crippen LogP contribution in [-0.4, -0.2) is 21.0 Å². The van der Waals surface area contributed by atoms with Crippen LogP contribution in [0.25, 0.3) is 11.1 Å². The van der Waals surface area contributed by atoms with E-state index in [9.17, 15) is 9.90 Å². The van der Waals surface area contributed by atoms with Crippen LogP contribution in [0.3, 0.4) is 0 Å². The molecule has 3 aromatic rings. The van der Waals surface area contributed by atoms with Gasteiger partial charge in [-0.25, -0.2) is 4.98 Å². The number of aromatic hydroxyl groups is 1. The summed E-state index contributed by atoms with van der Waals surface area (Å²) in [6, 6.07) is 8.55.